The lowest BCUT2D eigenvalue weighted by Crippen LogP contribution is -2.13. The molecular formula is C12H14N4O4S. The lowest BCUT2D eigenvalue weighted by atomic mass is 10.2. The van der Waals surface area contributed by atoms with E-state index < -0.39 is 14.9 Å². The van der Waals surface area contributed by atoms with E-state index in [1.54, 1.807) is 20.9 Å². The maximum atomic E-state index is 12.3. The fraction of sp³-hybridized carbons (Fsp3) is 0.250. The second kappa shape index (κ2) is 5.17. The molecule has 8 nitrogen and oxygen atoms in total. The van der Waals surface area contributed by atoms with E-state index in [0.29, 0.717) is 11.3 Å². The van der Waals surface area contributed by atoms with Gasteiger partial charge in [0, 0.05) is 24.9 Å². The fourth-order valence-electron chi connectivity index (χ4n) is 1.92. The van der Waals surface area contributed by atoms with Gasteiger partial charge in [-0.25, -0.2) is 8.42 Å². The van der Waals surface area contributed by atoms with Crippen LogP contribution in [0.25, 0.3) is 0 Å². The molecule has 112 valence electrons. The Morgan fingerprint density at radius 1 is 1.33 bits per heavy atom. The smallest absolute Gasteiger partial charge is 0.274 e. The molecule has 1 aromatic carbocycles. The van der Waals surface area contributed by atoms with E-state index in [2.05, 4.69) is 9.82 Å². The van der Waals surface area contributed by atoms with Gasteiger partial charge in [0.25, 0.3) is 15.7 Å². The lowest BCUT2D eigenvalue weighted by molar-refractivity contribution is -0.385. The highest BCUT2D eigenvalue weighted by Crippen LogP contribution is 2.24. The van der Waals surface area contributed by atoms with Gasteiger partial charge in [0.1, 0.15) is 4.90 Å². The standard InChI is InChI=1S/C12H14N4O4S/c1-8-4-5-10(6-11(8)16(17)18)14-21(19,20)12-7-15(3)13-9(12)2/h4-7,14H,1-3H3. The molecule has 0 spiro atoms. The van der Waals surface area contributed by atoms with Crippen LogP contribution in [-0.2, 0) is 17.1 Å². The molecule has 0 saturated heterocycles. The number of nitro benzene ring substituents is 1. The molecule has 0 aliphatic heterocycles. The van der Waals surface area contributed by atoms with Crippen molar-refractivity contribution in [3.8, 4) is 0 Å². The van der Waals surface area contributed by atoms with Crippen LogP contribution in [0, 0.1) is 24.0 Å². The van der Waals surface area contributed by atoms with Gasteiger partial charge in [0.15, 0.2) is 0 Å². The van der Waals surface area contributed by atoms with Crippen molar-refractivity contribution < 1.29 is 13.3 Å². The molecule has 0 aliphatic rings. The van der Waals surface area contributed by atoms with Crippen molar-refractivity contribution >= 4 is 21.4 Å². The first-order valence-electron chi connectivity index (χ1n) is 5.99. The summed E-state index contributed by atoms with van der Waals surface area (Å²) in [5.74, 6) is 0. The van der Waals surface area contributed by atoms with Gasteiger partial charge in [-0.05, 0) is 19.9 Å². The monoisotopic (exact) mass is 310 g/mol. The molecule has 0 fully saturated rings. The van der Waals surface area contributed by atoms with E-state index >= 15 is 0 Å². The molecular weight excluding hydrogens is 296 g/mol. The van der Waals surface area contributed by atoms with Gasteiger partial charge < -0.3 is 0 Å². The topological polar surface area (TPSA) is 107 Å². The molecule has 0 aliphatic carbocycles. The molecule has 0 unspecified atom stereocenters. The number of aryl methyl sites for hydroxylation is 3. The Labute approximate surface area is 121 Å². The van der Waals surface area contributed by atoms with E-state index in [1.807, 2.05) is 0 Å². The first-order valence-corrected chi connectivity index (χ1v) is 7.47. The number of sulfonamides is 1. The number of anilines is 1. The minimum Gasteiger partial charge on any atom is -0.279 e. The predicted molar refractivity (Wildman–Crippen MR) is 76.6 cm³/mol. The van der Waals surface area contributed by atoms with Gasteiger partial charge in [-0.15, -0.1) is 0 Å². The molecule has 1 N–H and O–H groups in total. The second-order valence-corrected chi connectivity index (χ2v) is 6.27. The van der Waals surface area contributed by atoms with Crippen LogP contribution in [0.1, 0.15) is 11.3 Å². The average molecular weight is 310 g/mol. The Kier molecular flexibility index (Phi) is 3.69. The maximum absolute atomic E-state index is 12.3. The van der Waals surface area contributed by atoms with Crippen LogP contribution < -0.4 is 4.72 Å². The normalized spacial score (nSPS) is 11.4. The predicted octanol–water partition coefficient (Wildman–Crippen LogP) is 1.75. The Morgan fingerprint density at radius 2 is 2.00 bits per heavy atom. The first-order chi connectivity index (χ1) is 9.70. The third-order valence-corrected chi connectivity index (χ3v) is 4.40. The van der Waals surface area contributed by atoms with E-state index in [0.717, 1.165) is 0 Å². The van der Waals surface area contributed by atoms with E-state index in [4.69, 9.17) is 0 Å². The maximum Gasteiger partial charge on any atom is 0.274 e. The third-order valence-electron chi connectivity index (χ3n) is 2.92. The van der Waals surface area contributed by atoms with Crippen LogP contribution in [0.4, 0.5) is 11.4 Å². The number of rotatable bonds is 4. The number of hydrogen-bond acceptors (Lipinski definition) is 5. The van der Waals surface area contributed by atoms with E-state index in [9.17, 15) is 18.5 Å². The number of aromatic nitrogens is 2. The molecule has 2 rings (SSSR count). The largest absolute Gasteiger partial charge is 0.279 e. The van der Waals surface area contributed by atoms with Crippen molar-refractivity contribution in [2.45, 2.75) is 18.7 Å². The van der Waals surface area contributed by atoms with Crippen molar-refractivity contribution in [1.82, 2.24) is 9.78 Å². The summed E-state index contributed by atoms with van der Waals surface area (Å²) in [5.41, 5.74) is 0.806. The third kappa shape index (κ3) is 3.02. The molecule has 0 amide bonds. The molecule has 9 heteroatoms. The number of nitrogens with zero attached hydrogens (tertiary/aromatic N) is 3. The van der Waals surface area contributed by atoms with Crippen LogP contribution >= 0.6 is 0 Å². The van der Waals surface area contributed by atoms with Gasteiger partial charge in [0.2, 0.25) is 0 Å². The molecule has 21 heavy (non-hydrogen) atoms. The Morgan fingerprint density at radius 3 is 2.52 bits per heavy atom. The summed E-state index contributed by atoms with van der Waals surface area (Å²) in [6.07, 6.45) is 1.38. The Hall–Kier alpha value is -2.42. The SMILES string of the molecule is Cc1ccc(NS(=O)(=O)c2cn(C)nc2C)cc1[N+](=O)[O-]. The summed E-state index contributed by atoms with van der Waals surface area (Å²) in [7, 11) is -2.22. The zero-order valence-corrected chi connectivity index (χ0v) is 12.5. The number of nitro groups is 1. The van der Waals surface area contributed by atoms with Gasteiger partial charge in [-0.3, -0.25) is 19.5 Å². The molecule has 0 bridgehead atoms. The second-order valence-electron chi connectivity index (χ2n) is 4.62. The van der Waals surface area contributed by atoms with E-state index in [1.165, 1.54) is 29.1 Å². The van der Waals surface area contributed by atoms with E-state index in [-0.39, 0.29) is 16.3 Å². The highest BCUT2D eigenvalue weighted by molar-refractivity contribution is 7.92. The summed E-state index contributed by atoms with van der Waals surface area (Å²) in [5, 5.41) is 14.9. The quantitative estimate of drug-likeness (QED) is 0.683. The van der Waals surface area contributed by atoms with Gasteiger partial charge in [-0.1, -0.05) is 6.07 Å². The first kappa shape index (κ1) is 15.0. The Bertz CT molecular complexity index is 811. The highest BCUT2D eigenvalue weighted by atomic mass is 32.2. The van der Waals surface area contributed by atoms with Crippen molar-refractivity contribution in [2.75, 3.05) is 4.72 Å². The van der Waals surface area contributed by atoms with Gasteiger partial charge in [0.05, 0.1) is 16.3 Å². The van der Waals surface area contributed by atoms with Crippen molar-refractivity contribution in [3.63, 3.8) is 0 Å². The summed E-state index contributed by atoms with van der Waals surface area (Å²) in [4.78, 5) is 10.4. The summed E-state index contributed by atoms with van der Waals surface area (Å²) < 4.78 is 28.3. The zero-order valence-electron chi connectivity index (χ0n) is 11.7. The molecule has 0 saturated carbocycles. The van der Waals surface area contributed by atoms with Crippen molar-refractivity contribution in [3.05, 3.63) is 45.8 Å². The summed E-state index contributed by atoms with van der Waals surface area (Å²) >= 11 is 0. The number of hydrogen-bond donors (Lipinski definition) is 1. The van der Waals surface area contributed by atoms with Crippen LogP contribution in [0.15, 0.2) is 29.3 Å². The van der Waals surface area contributed by atoms with Crippen LogP contribution in [0.2, 0.25) is 0 Å². The Balaban J connectivity index is 2.40. The molecule has 1 heterocycles. The van der Waals surface area contributed by atoms with Crippen molar-refractivity contribution in [2.24, 2.45) is 7.05 Å². The minimum atomic E-state index is -3.83. The van der Waals surface area contributed by atoms with Crippen LogP contribution in [0.5, 0.6) is 0 Å². The molecule has 0 radical (unpaired) electrons. The number of benzene rings is 1. The van der Waals surface area contributed by atoms with Crippen LogP contribution in [0.3, 0.4) is 0 Å². The van der Waals surface area contributed by atoms with Crippen LogP contribution in [-0.4, -0.2) is 23.1 Å². The van der Waals surface area contributed by atoms with Gasteiger partial charge in [-0.2, -0.15) is 5.10 Å². The average Bonchev–Trinajstić information content (AvgIpc) is 2.71. The lowest BCUT2D eigenvalue weighted by Gasteiger charge is -2.07. The summed E-state index contributed by atoms with van der Waals surface area (Å²) in [6.45, 7) is 3.16. The fourth-order valence-corrected chi connectivity index (χ4v) is 3.19. The molecule has 1 aromatic heterocycles. The van der Waals surface area contributed by atoms with Gasteiger partial charge >= 0.3 is 0 Å². The molecule has 2 aromatic rings. The highest BCUT2D eigenvalue weighted by Gasteiger charge is 2.21. The zero-order chi connectivity index (χ0) is 15.8. The summed E-state index contributed by atoms with van der Waals surface area (Å²) in [6, 6.07) is 4.16. The minimum absolute atomic E-state index is 0.0354. The number of nitrogens with one attached hydrogen (secondary N) is 1. The molecule has 0 atom stereocenters. The van der Waals surface area contributed by atoms with Crippen molar-refractivity contribution in [1.29, 1.82) is 0 Å².